The molecule has 0 saturated heterocycles. The molecule has 0 radical (unpaired) electrons. The zero-order valence-electron chi connectivity index (χ0n) is 11.7. The Labute approximate surface area is 113 Å². The van der Waals surface area contributed by atoms with Crippen LogP contribution in [0.25, 0.3) is 0 Å². The predicted molar refractivity (Wildman–Crippen MR) is 75.4 cm³/mol. The topological polar surface area (TPSA) is 119 Å². The number of aromatic nitrogens is 2. The first-order valence-electron chi connectivity index (χ1n) is 6.27. The van der Waals surface area contributed by atoms with Crippen LogP contribution in [0, 0.1) is 0 Å². The van der Waals surface area contributed by atoms with Crippen molar-refractivity contribution in [1.29, 1.82) is 0 Å². The molecule has 6 N–H and O–H groups in total. The lowest BCUT2D eigenvalue weighted by molar-refractivity contribution is -0.118. The molecule has 1 aromatic rings. The third kappa shape index (κ3) is 5.09. The molecule has 106 valence electrons. The molecule has 1 heterocycles. The highest BCUT2D eigenvalue weighted by molar-refractivity contribution is 5.75. The van der Waals surface area contributed by atoms with Gasteiger partial charge in [0.05, 0.1) is 0 Å². The second-order valence-corrected chi connectivity index (χ2v) is 5.10. The Kier molecular flexibility index (Phi) is 5.05. The SMILES string of the molecule is CCCc1nc(NN)cc(NC(C)(C)CC(N)=O)n1. The predicted octanol–water partition coefficient (Wildman–Crippen LogP) is 0.781. The molecule has 0 aromatic carbocycles. The minimum absolute atomic E-state index is 0.214. The molecular formula is C12H22N6O. The number of nitrogens with two attached hydrogens (primary N) is 2. The Morgan fingerprint density at radius 3 is 2.53 bits per heavy atom. The number of carbonyl (C=O) groups is 1. The molecule has 0 fully saturated rings. The molecule has 19 heavy (non-hydrogen) atoms. The van der Waals surface area contributed by atoms with Gasteiger partial charge >= 0.3 is 0 Å². The maximum Gasteiger partial charge on any atom is 0.219 e. The molecule has 0 unspecified atom stereocenters. The van der Waals surface area contributed by atoms with Crippen LogP contribution in [0.4, 0.5) is 11.6 Å². The van der Waals surface area contributed by atoms with Gasteiger partial charge in [0, 0.05) is 24.4 Å². The average molecular weight is 266 g/mol. The maximum atomic E-state index is 11.0. The lowest BCUT2D eigenvalue weighted by Gasteiger charge is -2.25. The Hall–Kier alpha value is -1.89. The number of hydrazine groups is 1. The van der Waals surface area contributed by atoms with E-state index in [2.05, 4.69) is 27.6 Å². The first kappa shape index (κ1) is 15.2. The van der Waals surface area contributed by atoms with E-state index in [1.54, 1.807) is 6.07 Å². The number of nitrogens with zero attached hydrogens (tertiary/aromatic N) is 2. The van der Waals surface area contributed by atoms with Crippen LogP contribution in [0.3, 0.4) is 0 Å². The summed E-state index contributed by atoms with van der Waals surface area (Å²) in [6.45, 7) is 5.82. The number of carbonyl (C=O) groups excluding carboxylic acids is 1. The van der Waals surface area contributed by atoms with Crippen molar-refractivity contribution in [2.75, 3.05) is 10.7 Å². The van der Waals surface area contributed by atoms with Crippen molar-refractivity contribution in [3.8, 4) is 0 Å². The van der Waals surface area contributed by atoms with Crippen LogP contribution in [-0.4, -0.2) is 21.4 Å². The van der Waals surface area contributed by atoms with Crippen LogP contribution in [-0.2, 0) is 11.2 Å². The zero-order chi connectivity index (χ0) is 14.5. The minimum atomic E-state index is -0.477. The van der Waals surface area contributed by atoms with Crippen LogP contribution >= 0.6 is 0 Å². The summed E-state index contributed by atoms with van der Waals surface area (Å²) in [6, 6.07) is 1.70. The van der Waals surface area contributed by atoms with Gasteiger partial charge in [0.15, 0.2) is 0 Å². The van der Waals surface area contributed by atoms with Gasteiger partial charge in [-0.3, -0.25) is 4.79 Å². The number of rotatable bonds is 7. The van der Waals surface area contributed by atoms with Gasteiger partial charge in [-0.05, 0) is 20.3 Å². The number of nitrogen functional groups attached to an aromatic ring is 1. The first-order valence-corrected chi connectivity index (χ1v) is 6.27. The standard InChI is InChI=1S/C12H22N6O/c1-4-5-9-15-10(6-11(16-9)18-14)17-12(2,3)7-8(13)19/h6H,4-5,7,14H2,1-3H3,(H2,13,19)(H2,15,16,17,18). The highest BCUT2D eigenvalue weighted by Gasteiger charge is 2.21. The first-order chi connectivity index (χ1) is 8.86. The molecule has 0 saturated carbocycles. The van der Waals surface area contributed by atoms with Gasteiger partial charge in [0.1, 0.15) is 17.5 Å². The number of primary amides is 1. The summed E-state index contributed by atoms with van der Waals surface area (Å²) < 4.78 is 0. The summed E-state index contributed by atoms with van der Waals surface area (Å²) in [5.74, 6) is 6.89. The lowest BCUT2D eigenvalue weighted by atomic mass is 10.0. The van der Waals surface area contributed by atoms with E-state index in [0.717, 1.165) is 12.8 Å². The summed E-state index contributed by atoms with van der Waals surface area (Å²) in [7, 11) is 0. The van der Waals surface area contributed by atoms with E-state index in [1.807, 2.05) is 13.8 Å². The summed E-state index contributed by atoms with van der Waals surface area (Å²) in [5, 5.41) is 3.18. The molecule has 0 aliphatic carbocycles. The Morgan fingerprint density at radius 2 is 2.00 bits per heavy atom. The second kappa shape index (κ2) is 6.33. The van der Waals surface area contributed by atoms with E-state index in [1.165, 1.54) is 0 Å². The fourth-order valence-corrected chi connectivity index (χ4v) is 1.80. The summed E-state index contributed by atoms with van der Waals surface area (Å²) >= 11 is 0. The van der Waals surface area contributed by atoms with E-state index in [0.29, 0.717) is 17.5 Å². The van der Waals surface area contributed by atoms with Crippen LogP contribution < -0.4 is 22.3 Å². The van der Waals surface area contributed by atoms with E-state index in [9.17, 15) is 4.79 Å². The van der Waals surface area contributed by atoms with Gasteiger partial charge in [0.2, 0.25) is 5.91 Å². The molecule has 1 amide bonds. The van der Waals surface area contributed by atoms with Crippen LogP contribution in [0.2, 0.25) is 0 Å². The number of anilines is 2. The Morgan fingerprint density at radius 1 is 1.37 bits per heavy atom. The molecule has 0 atom stereocenters. The van der Waals surface area contributed by atoms with Gasteiger partial charge in [-0.2, -0.15) is 0 Å². The van der Waals surface area contributed by atoms with Gasteiger partial charge in [0.25, 0.3) is 0 Å². The van der Waals surface area contributed by atoms with Crippen molar-refractivity contribution < 1.29 is 4.79 Å². The van der Waals surface area contributed by atoms with Crippen molar-refractivity contribution >= 4 is 17.5 Å². The van der Waals surface area contributed by atoms with Crippen LogP contribution in [0.1, 0.15) is 39.4 Å². The number of amides is 1. The average Bonchev–Trinajstić information content (AvgIpc) is 2.26. The fourth-order valence-electron chi connectivity index (χ4n) is 1.80. The van der Waals surface area contributed by atoms with Crippen molar-refractivity contribution in [2.45, 2.75) is 45.6 Å². The Bertz CT molecular complexity index is 446. The number of aryl methyl sites for hydroxylation is 1. The van der Waals surface area contributed by atoms with Crippen molar-refractivity contribution in [3.05, 3.63) is 11.9 Å². The molecular weight excluding hydrogens is 244 g/mol. The quantitative estimate of drug-likeness (QED) is 0.428. The van der Waals surface area contributed by atoms with E-state index in [-0.39, 0.29) is 12.3 Å². The largest absolute Gasteiger partial charge is 0.370 e. The maximum absolute atomic E-state index is 11.0. The summed E-state index contributed by atoms with van der Waals surface area (Å²) in [5.41, 5.74) is 7.26. The molecule has 0 aliphatic rings. The molecule has 7 heteroatoms. The van der Waals surface area contributed by atoms with Crippen LogP contribution in [0.15, 0.2) is 6.07 Å². The lowest BCUT2D eigenvalue weighted by Crippen LogP contribution is -2.36. The van der Waals surface area contributed by atoms with E-state index in [4.69, 9.17) is 11.6 Å². The monoisotopic (exact) mass is 266 g/mol. The number of hydrogen-bond donors (Lipinski definition) is 4. The van der Waals surface area contributed by atoms with Crippen molar-refractivity contribution in [1.82, 2.24) is 9.97 Å². The van der Waals surface area contributed by atoms with Gasteiger partial charge < -0.3 is 16.5 Å². The molecule has 1 aromatic heterocycles. The number of nitrogens with one attached hydrogen (secondary N) is 2. The van der Waals surface area contributed by atoms with E-state index >= 15 is 0 Å². The smallest absolute Gasteiger partial charge is 0.219 e. The van der Waals surface area contributed by atoms with Crippen molar-refractivity contribution in [2.24, 2.45) is 11.6 Å². The van der Waals surface area contributed by atoms with Gasteiger partial charge in [-0.15, -0.1) is 0 Å². The summed E-state index contributed by atoms with van der Waals surface area (Å²) in [4.78, 5) is 19.7. The van der Waals surface area contributed by atoms with Gasteiger partial charge in [-0.1, -0.05) is 6.92 Å². The van der Waals surface area contributed by atoms with Crippen LogP contribution in [0.5, 0.6) is 0 Å². The normalized spacial score (nSPS) is 11.2. The zero-order valence-corrected chi connectivity index (χ0v) is 11.7. The molecule has 0 aliphatic heterocycles. The highest BCUT2D eigenvalue weighted by atomic mass is 16.1. The molecule has 7 nitrogen and oxygen atoms in total. The molecule has 1 rings (SSSR count). The fraction of sp³-hybridized carbons (Fsp3) is 0.583. The second-order valence-electron chi connectivity index (χ2n) is 5.10. The summed E-state index contributed by atoms with van der Waals surface area (Å²) in [6.07, 6.45) is 1.92. The Balaban J connectivity index is 2.92. The minimum Gasteiger partial charge on any atom is -0.370 e. The van der Waals surface area contributed by atoms with E-state index < -0.39 is 5.54 Å². The molecule has 0 spiro atoms. The third-order valence-electron chi connectivity index (χ3n) is 2.48. The third-order valence-corrected chi connectivity index (χ3v) is 2.48. The van der Waals surface area contributed by atoms with Gasteiger partial charge in [-0.25, -0.2) is 15.8 Å². The van der Waals surface area contributed by atoms with Crippen molar-refractivity contribution in [3.63, 3.8) is 0 Å². The molecule has 0 bridgehead atoms. The highest BCUT2D eigenvalue weighted by Crippen LogP contribution is 2.18. The number of hydrogen-bond acceptors (Lipinski definition) is 6.